The normalized spacial score (nSPS) is 18.2. The number of amides is 1. The smallest absolute Gasteiger partial charge is 0.315 e. The standard InChI is InChI=1S/C31H36N6O5S/c1-4-42-29(39)14-28(38)34-25-13-26(37-31-35-22-7-5-6-8-23(22)36-31)30-20(25)12-27(43(40,41)33-15-17(2)3)19-11-24(18-9-10-18)32-16-21(19)30/h5-8,11-12,16-18,25-26,33H,4,9-10,13-15H2,1-3H3,(H,34,38)(H2,35,36,37)/t25-,26-/m1/s1. The van der Waals surface area contributed by atoms with Crippen molar-refractivity contribution >= 4 is 49.7 Å². The predicted octanol–water partition coefficient (Wildman–Crippen LogP) is 4.59. The fourth-order valence-electron chi connectivity index (χ4n) is 5.72. The van der Waals surface area contributed by atoms with Gasteiger partial charge in [0.05, 0.1) is 34.6 Å². The zero-order valence-electron chi connectivity index (χ0n) is 24.4. The first-order valence-corrected chi connectivity index (χ1v) is 16.2. The van der Waals surface area contributed by atoms with E-state index in [2.05, 4.69) is 25.3 Å². The van der Waals surface area contributed by atoms with E-state index in [-0.39, 0.29) is 30.0 Å². The van der Waals surface area contributed by atoms with Gasteiger partial charge in [-0.05, 0) is 67.5 Å². The Kier molecular flexibility index (Phi) is 7.82. The number of hydrogen-bond donors (Lipinski definition) is 4. The summed E-state index contributed by atoms with van der Waals surface area (Å²) < 4.78 is 35.2. The Bertz CT molecular complexity index is 1780. The number of imidazole rings is 1. The number of rotatable bonds is 11. The fourth-order valence-corrected chi connectivity index (χ4v) is 7.17. The highest BCUT2D eigenvalue weighted by Gasteiger charge is 2.37. The van der Waals surface area contributed by atoms with E-state index in [9.17, 15) is 18.0 Å². The van der Waals surface area contributed by atoms with E-state index in [4.69, 9.17) is 9.72 Å². The molecule has 0 aliphatic heterocycles. The van der Waals surface area contributed by atoms with Crippen LogP contribution in [0.25, 0.3) is 21.8 Å². The van der Waals surface area contributed by atoms with E-state index in [0.717, 1.165) is 35.1 Å². The molecule has 43 heavy (non-hydrogen) atoms. The van der Waals surface area contributed by atoms with Gasteiger partial charge >= 0.3 is 5.97 Å². The number of benzene rings is 2. The number of nitrogens with zero attached hydrogens (tertiary/aromatic N) is 2. The number of aromatic amines is 1. The highest BCUT2D eigenvalue weighted by Crippen LogP contribution is 2.47. The zero-order chi connectivity index (χ0) is 30.3. The molecule has 226 valence electrons. The molecule has 1 saturated carbocycles. The number of aromatic nitrogens is 3. The Labute approximate surface area is 250 Å². The number of carbonyl (C=O) groups is 2. The lowest BCUT2D eigenvalue weighted by Crippen LogP contribution is -2.30. The van der Waals surface area contributed by atoms with E-state index in [1.807, 2.05) is 44.2 Å². The molecule has 11 nitrogen and oxygen atoms in total. The summed E-state index contributed by atoms with van der Waals surface area (Å²) in [6.45, 7) is 6.04. The molecule has 2 atom stereocenters. The first-order valence-electron chi connectivity index (χ1n) is 14.7. The number of fused-ring (bicyclic) bond motifs is 4. The fraction of sp³-hybridized carbons (Fsp3) is 0.419. The summed E-state index contributed by atoms with van der Waals surface area (Å²) in [4.78, 5) is 37.9. The molecule has 2 aliphatic rings. The molecular weight excluding hydrogens is 568 g/mol. The molecule has 6 rings (SSSR count). The van der Waals surface area contributed by atoms with E-state index >= 15 is 0 Å². The van der Waals surface area contributed by atoms with Gasteiger partial charge in [0.25, 0.3) is 0 Å². The minimum atomic E-state index is -3.90. The van der Waals surface area contributed by atoms with Crippen molar-refractivity contribution in [2.75, 3.05) is 18.5 Å². The Morgan fingerprint density at radius 2 is 1.91 bits per heavy atom. The van der Waals surface area contributed by atoms with Crippen LogP contribution in [-0.2, 0) is 24.3 Å². The summed E-state index contributed by atoms with van der Waals surface area (Å²) in [7, 11) is -3.90. The topological polar surface area (TPSA) is 155 Å². The largest absolute Gasteiger partial charge is 0.466 e. The van der Waals surface area contributed by atoms with Crippen molar-refractivity contribution in [1.82, 2.24) is 25.0 Å². The molecule has 12 heteroatoms. The third kappa shape index (κ3) is 6.07. The maximum Gasteiger partial charge on any atom is 0.315 e. The molecule has 1 fully saturated rings. The maximum absolute atomic E-state index is 13.8. The average Bonchev–Trinajstić information content (AvgIpc) is 3.65. The summed E-state index contributed by atoms with van der Waals surface area (Å²) in [5.74, 6) is -0.112. The SMILES string of the molecule is CCOC(=O)CC(=O)N[C@@H]1C[C@@H](Nc2nc3ccccc3[nH]2)c2c1cc(S(=O)(=O)NCC(C)C)c1cc(C3CC3)ncc21. The van der Waals surface area contributed by atoms with Gasteiger partial charge in [-0.1, -0.05) is 26.0 Å². The van der Waals surface area contributed by atoms with Gasteiger partial charge in [-0.25, -0.2) is 18.1 Å². The Morgan fingerprint density at radius 1 is 1.12 bits per heavy atom. The van der Waals surface area contributed by atoms with Crippen LogP contribution in [0.5, 0.6) is 0 Å². The first kappa shape index (κ1) is 29.1. The number of esters is 1. The maximum atomic E-state index is 13.8. The number of anilines is 1. The number of nitrogens with one attached hydrogen (secondary N) is 4. The molecule has 2 heterocycles. The van der Waals surface area contributed by atoms with Crippen molar-refractivity contribution in [3.63, 3.8) is 0 Å². The molecule has 4 aromatic rings. The summed E-state index contributed by atoms with van der Waals surface area (Å²) in [6, 6.07) is 10.4. The third-order valence-corrected chi connectivity index (χ3v) is 9.35. The number of sulfonamides is 1. The highest BCUT2D eigenvalue weighted by molar-refractivity contribution is 7.89. The summed E-state index contributed by atoms with van der Waals surface area (Å²) in [5, 5.41) is 7.74. The van der Waals surface area contributed by atoms with Crippen molar-refractivity contribution in [1.29, 1.82) is 0 Å². The van der Waals surface area contributed by atoms with Gasteiger partial charge in [-0.3, -0.25) is 14.6 Å². The van der Waals surface area contributed by atoms with Crippen molar-refractivity contribution in [3.8, 4) is 0 Å². The minimum Gasteiger partial charge on any atom is -0.466 e. The molecule has 0 unspecified atom stereocenters. The number of para-hydroxylation sites is 2. The molecule has 1 amide bonds. The van der Waals surface area contributed by atoms with E-state index < -0.39 is 34.4 Å². The number of H-pyrrole nitrogens is 1. The second kappa shape index (κ2) is 11.6. The molecular formula is C31H36N6O5S. The van der Waals surface area contributed by atoms with Gasteiger partial charge in [0, 0.05) is 35.1 Å². The Balaban J connectivity index is 1.46. The van der Waals surface area contributed by atoms with E-state index in [1.54, 1.807) is 19.2 Å². The monoisotopic (exact) mass is 604 g/mol. The van der Waals surface area contributed by atoms with Gasteiger partial charge in [0.1, 0.15) is 6.42 Å². The van der Waals surface area contributed by atoms with Gasteiger partial charge in [-0.2, -0.15) is 0 Å². The molecule has 4 N–H and O–H groups in total. The molecule has 2 aliphatic carbocycles. The predicted molar refractivity (Wildman–Crippen MR) is 163 cm³/mol. The van der Waals surface area contributed by atoms with E-state index in [0.29, 0.717) is 34.6 Å². The van der Waals surface area contributed by atoms with Crippen LogP contribution in [-0.4, -0.2) is 48.4 Å². The number of ether oxygens (including phenoxy) is 1. The first-order chi connectivity index (χ1) is 20.6. The highest BCUT2D eigenvalue weighted by atomic mass is 32.2. The molecule has 2 aromatic heterocycles. The van der Waals surface area contributed by atoms with Crippen molar-refractivity contribution in [3.05, 3.63) is 59.4 Å². The molecule has 0 radical (unpaired) electrons. The van der Waals surface area contributed by atoms with Crippen LogP contribution in [0.4, 0.5) is 5.95 Å². The van der Waals surface area contributed by atoms with Crippen LogP contribution in [0.2, 0.25) is 0 Å². The van der Waals surface area contributed by atoms with Crippen molar-refractivity contribution in [2.24, 2.45) is 5.92 Å². The molecule has 2 aromatic carbocycles. The quantitative estimate of drug-likeness (QED) is 0.143. The average molecular weight is 605 g/mol. The number of hydrogen-bond acceptors (Lipinski definition) is 8. The minimum absolute atomic E-state index is 0.117. The molecule has 0 spiro atoms. The van der Waals surface area contributed by atoms with Crippen LogP contribution in [0.1, 0.15) is 81.3 Å². The van der Waals surface area contributed by atoms with Gasteiger partial charge in [-0.15, -0.1) is 0 Å². The van der Waals surface area contributed by atoms with Crippen molar-refractivity contribution in [2.45, 2.75) is 69.4 Å². The third-order valence-electron chi connectivity index (χ3n) is 7.89. The Hall–Kier alpha value is -4.03. The lowest BCUT2D eigenvalue weighted by molar-refractivity contribution is -0.146. The van der Waals surface area contributed by atoms with Crippen LogP contribution < -0.4 is 15.4 Å². The lowest BCUT2D eigenvalue weighted by Gasteiger charge is -2.19. The van der Waals surface area contributed by atoms with Crippen LogP contribution in [0.15, 0.2) is 47.5 Å². The number of pyridine rings is 1. The second-order valence-corrected chi connectivity index (χ2v) is 13.4. The molecule has 0 saturated heterocycles. The van der Waals surface area contributed by atoms with E-state index in [1.165, 1.54) is 0 Å². The summed E-state index contributed by atoms with van der Waals surface area (Å²) in [6.07, 6.45) is 3.80. The van der Waals surface area contributed by atoms with Crippen LogP contribution in [0, 0.1) is 5.92 Å². The van der Waals surface area contributed by atoms with Crippen molar-refractivity contribution < 1.29 is 22.7 Å². The summed E-state index contributed by atoms with van der Waals surface area (Å²) >= 11 is 0. The lowest BCUT2D eigenvalue weighted by atomic mass is 9.98. The number of carbonyl (C=O) groups excluding carboxylic acids is 2. The zero-order valence-corrected chi connectivity index (χ0v) is 25.3. The summed E-state index contributed by atoms with van der Waals surface area (Å²) in [5.41, 5.74) is 4.06. The second-order valence-electron chi connectivity index (χ2n) is 11.7. The Morgan fingerprint density at radius 3 is 2.63 bits per heavy atom. The van der Waals surface area contributed by atoms with Crippen LogP contribution in [0.3, 0.4) is 0 Å². The van der Waals surface area contributed by atoms with Gasteiger partial charge < -0.3 is 20.4 Å². The molecule has 0 bridgehead atoms. The van der Waals surface area contributed by atoms with Gasteiger partial charge in [0.15, 0.2) is 0 Å². The van der Waals surface area contributed by atoms with Crippen LogP contribution >= 0.6 is 0 Å². The van der Waals surface area contributed by atoms with Gasteiger partial charge in [0.2, 0.25) is 21.9 Å².